The number of nitrogens with zero attached hydrogens (tertiary/aromatic N) is 6. The van der Waals surface area contributed by atoms with Gasteiger partial charge >= 0.3 is 0 Å². The van der Waals surface area contributed by atoms with Crippen molar-refractivity contribution in [3.8, 4) is 0 Å². The second kappa shape index (κ2) is 5.47. The summed E-state index contributed by atoms with van der Waals surface area (Å²) in [5.41, 5.74) is 5.36. The number of hydrazine groups is 2. The lowest BCUT2D eigenvalue weighted by atomic mass is 10.8. The third kappa shape index (κ3) is 2.64. The highest BCUT2D eigenvalue weighted by molar-refractivity contribution is 7.97. The van der Waals surface area contributed by atoms with E-state index in [1.54, 1.807) is 10.6 Å². The molecule has 0 unspecified atom stereocenters. The molecule has 0 atom stereocenters. The van der Waals surface area contributed by atoms with Gasteiger partial charge in [-0.05, 0) is 11.9 Å². The van der Waals surface area contributed by atoms with Crippen molar-refractivity contribution in [1.82, 2.24) is 14.5 Å². The van der Waals surface area contributed by atoms with E-state index in [0.717, 1.165) is 11.5 Å². The fourth-order valence-corrected chi connectivity index (χ4v) is 1.66. The SMILES string of the molecule is NCCSN1C=CN2C(=N1)N=CN2[N+](=O)[O-].O. The zero-order valence-corrected chi connectivity index (χ0v) is 9.45. The molecule has 0 spiro atoms. The van der Waals surface area contributed by atoms with E-state index in [1.807, 2.05) is 0 Å². The van der Waals surface area contributed by atoms with Gasteiger partial charge in [0.1, 0.15) is 0 Å². The number of rotatable bonds is 4. The first-order chi connectivity index (χ1) is 7.72. The summed E-state index contributed by atoms with van der Waals surface area (Å²) in [7, 11) is 0. The number of hydrogen-bond donors (Lipinski definition) is 1. The van der Waals surface area contributed by atoms with Gasteiger partial charge in [0.15, 0.2) is 11.4 Å². The Balaban J connectivity index is 0.00000144. The van der Waals surface area contributed by atoms with E-state index in [1.165, 1.54) is 23.2 Å². The summed E-state index contributed by atoms with van der Waals surface area (Å²) in [5.74, 6) is 0.966. The summed E-state index contributed by atoms with van der Waals surface area (Å²) in [6.45, 7) is 0.536. The smallest absolute Gasteiger partial charge is 0.273 e. The van der Waals surface area contributed by atoms with Crippen LogP contribution in [0.15, 0.2) is 22.5 Å². The fourth-order valence-electron chi connectivity index (χ4n) is 1.10. The number of hydrazone groups is 1. The molecule has 0 aromatic rings. The Morgan fingerprint density at radius 1 is 1.53 bits per heavy atom. The molecular formula is C6H11N7O3S. The lowest BCUT2D eigenvalue weighted by Crippen LogP contribution is -2.41. The van der Waals surface area contributed by atoms with Crippen molar-refractivity contribution in [3.05, 3.63) is 22.5 Å². The number of aliphatic imine (C=N–C) groups is 1. The normalized spacial score (nSPS) is 16.8. The second-order valence-corrected chi connectivity index (χ2v) is 3.81. The van der Waals surface area contributed by atoms with Crippen LogP contribution >= 0.6 is 11.9 Å². The van der Waals surface area contributed by atoms with Gasteiger partial charge in [0.25, 0.3) is 5.96 Å². The number of guanidine groups is 1. The van der Waals surface area contributed by atoms with Gasteiger partial charge in [0, 0.05) is 17.4 Å². The van der Waals surface area contributed by atoms with E-state index in [2.05, 4.69) is 10.1 Å². The third-order valence-corrected chi connectivity index (χ3v) is 2.62. The van der Waals surface area contributed by atoms with Crippen LogP contribution in [0.1, 0.15) is 0 Å². The second-order valence-electron chi connectivity index (χ2n) is 2.77. The molecule has 4 N–H and O–H groups in total. The Hall–Kier alpha value is -1.85. The van der Waals surface area contributed by atoms with Crippen molar-refractivity contribution in [2.45, 2.75) is 0 Å². The molecule has 0 aliphatic carbocycles. The van der Waals surface area contributed by atoms with Crippen molar-refractivity contribution < 1.29 is 10.5 Å². The van der Waals surface area contributed by atoms with E-state index in [-0.39, 0.29) is 11.4 Å². The molecule has 94 valence electrons. The number of nitrogens with two attached hydrogens (primary N) is 1. The summed E-state index contributed by atoms with van der Waals surface area (Å²) in [6, 6.07) is 0. The van der Waals surface area contributed by atoms with Crippen LogP contribution in [-0.4, -0.2) is 49.6 Å². The molecule has 2 heterocycles. The van der Waals surface area contributed by atoms with E-state index < -0.39 is 5.03 Å². The van der Waals surface area contributed by atoms with Crippen molar-refractivity contribution in [3.63, 3.8) is 0 Å². The highest BCUT2D eigenvalue weighted by Crippen LogP contribution is 2.19. The number of hydrogen-bond acceptors (Lipinski definition) is 8. The highest BCUT2D eigenvalue weighted by Gasteiger charge is 2.32. The van der Waals surface area contributed by atoms with Crippen molar-refractivity contribution in [2.75, 3.05) is 12.3 Å². The van der Waals surface area contributed by atoms with Crippen molar-refractivity contribution in [2.24, 2.45) is 15.8 Å². The number of fused-ring (bicyclic) bond motifs is 1. The summed E-state index contributed by atoms with van der Waals surface area (Å²) >= 11 is 1.40. The Morgan fingerprint density at radius 2 is 2.29 bits per heavy atom. The van der Waals surface area contributed by atoms with Gasteiger partial charge in [0.2, 0.25) is 0 Å². The zero-order valence-electron chi connectivity index (χ0n) is 8.63. The van der Waals surface area contributed by atoms with Crippen LogP contribution in [0.3, 0.4) is 0 Å². The van der Waals surface area contributed by atoms with Crippen LogP contribution in [-0.2, 0) is 0 Å². The quantitative estimate of drug-likeness (QED) is 0.372. The first-order valence-electron chi connectivity index (χ1n) is 4.38. The predicted octanol–water partition coefficient (Wildman–Crippen LogP) is -1.42. The first kappa shape index (κ1) is 13.2. The van der Waals surface area contributed by atoms with Gasteiger partial charge in [0.05, 0.1) is 12.4 Å². The van der Waals surface area contributed by atoms with E-state index in [4.69, 9.17) is 5.73 Å². The average molecular weight is 261 g/mol. The van der Waals surface area contributed by atoms with Gasteiger partial charge in [-0.1, -0.05) is 0 Å². The van der Waals surface area contributed by atoms with Crippen LogP contribution in [0.2, 0.25) is 0 Å². The molecular weight excluding hydrogens is 250 g/mol. The molecule has 10 nitrogen and oxygen atoms in total. The van der Waals surface area contributed by atoms with Crippen LogP contribution in [0, 0.1) is 10.1 Å². The van der Waals surface area contributed by atoms with Gasteiger partial charge in [-0.25, -0.2) is 14.5 Å². The maximum absolute atomic E-state index is 10.6. The first-order valence-corrected chi connectivity index (χ1v) is 5.32. The largest absolute Gasteiger partial charge is 0.412 e. The zero-order chi connectivity index (χ0) is 11.5. The van der Waals surface area contributed by atoms with Crippen LogP contribution in [0.25, 0.3) is 0 Å². The van der Waals surface area contributed by atoms with Crippen LogP contribution in [0.4, 0.5) is 0 Å². The molecule has 0 saturated carbocycles. The minimum absolute atomic E-state index is 0. The van der Waals surface area contributed by atoms with E-state index in [0.29, 0.717) is 12.3 Å². The Morgan fingerprint density at radius 3 is 2.94 bits per heavy atom. The molecule has 0 aromatic carbocycles. The molecule has 2 rings (SSSR count). The molecule has 0 fully saturated rings. The van der Waals surface area contributed by atoms with Gasteiger partial charge in [-0.15, -0.1) is 5.10 Å². The molecule has 17 heavy (non-hydrogen) atoms. The molecule has 0 amide bonds. The lowest BCUT2D eigenvalue weighted by molar-refractivity contribution is -0.657. The summed E-state index contributed by atoms with van der Waals surface area (Å²) < 4.78 is 1.57. The van der Waals surface area contributed by atoms with E-state index in [9.17, 15) is 10.1 Å². The highest BCUT2D eigenvalue weighted by atomic mass is 32.2. The predicted molar refractivity (Wildman–Crippen MR) is 62.7 cm³/mol. The maximum atomic E-state index is 10.6. The number of nitro groups is 1. The van der Waals surface area contributed by atoms with Crippen LogP contribution in [0.5, 0.6) is 0 Å². The molecule has 0 bridgehead atoms. The van der Waals surface area contributed by atoms with Gasteiger partial charge in [-0.3, -0.25) is 0 Å². The molecule has 0 saturated heterocycles. The molecule has 11 heteroatoms. The lowest BCUT2D eigenvalue weighted by Gasteiger charge is -2.22. The summed E-state index contributed by atoms with van der Waals surface area (Å²) in [4.78, 5) is 14.4. The molecule has 0 radical (unpaired) electrons. The average Bonchev–Trinajstić information content (AvgIpc) is 2.69. The molecule has 2 aliphatic rings. The monoisotopic (exact) mass is 261 g/mol. The Labute approximate surface area is 101 Å². The van der Waals surface area contributed by atoms with Gasteiger partial charge in [-0.2, -0.15) is 10.0 Å². The fraction of sp³-hybridized carbons (Fsp3) is 0.333. The summed E-state index contributed by atoms with van der Waals surface area (Å²) in [5, 5.41) is 16.1. The van der Waals surface area contributed by atoms with Crippen LogP contribution < -0.4 is 5.73 Å². The standard InChI is InChI=1S/C6H9N7O2S.H2O/c7-1-4-16-11-3-2-10-6(9-11)8-5-12(10)13(14)15;/h2-3,5H,1,4,7H2;1H2. The minimum Gasteiger partial charge on any atom is -0.412 e. The van der Waals surface area contributed by atoms with Crippen molar-refractivity contribution in [1.29, 1.82) is 0 Å². The topological polar surface area (TPSA) is 135 Å². The third-order valence-electron chi connectivity index (χ3n) is 1.73. The van der Waals surface area contributed by atoms with Gasteiger partial charge < -0.3 is 11.2 Å². The Bertz CT molecular complexity index is 384. The minimum atomic E-state index is -0.584. The van der Waals surface area contributed by atoms with Crippen molar-refractivity contribution >= 4 is 24.2 Å². The summed E-state index contributed by atoms with van der Waals surface area (Å²) in [6.07, 6.45) is 4.22. The molecule has 0 aromatic heterocycles. The Kier molecular flexibility index (Phi) is 4.25. The molecule has 2 aliphatic heterocycles. The van der Waals surface area contributed by atoms with E-state index >= 15 is 0 Å². The maximum Gasteiger partial charge on any atom is 0.273 e.